The highest BCUT2D eigenvalue weighted by Gasteiger charge is 2.61. The number of nitrogens with one attached hydrogen (secondary N) is 1. The van der Waals surface area contributed by atoms with Crippen LogP contribution in [-0.2, 0) is 19.0 Å². The number of hydrogen-bond acceptors (Lipinski definition) is 4. The minimum atomic E-state index is 0.111. The van der Waals surface area contributed by atoms with E-state index in [1.54, 1.807) is 7.11 Å². The Hall–Kier alpha value is -0.650. The zero-order valence-corrected chi connectivity index (χ0v) is 15.2. The standard InChI is InChI=1S/C18H33NO4/c1-17(2)14-5-7-18(17,3)15(13-14)19-16(20)6-8-22-11-12-23-10-9-21-4/h14-15H,5-13H2,1-4H3,(H,19,20)/t14-,15-,18+/m1/s1. The molecule has 2 bridgehead atoms. The molecule has 2 fully saturated rings. The van der Waals surface area contributed by atoms with Crippen molar-refractivity contribution in [3.8, 4) is 0 Å². The molecule has 1 N–H and O–H groups in total. The third-order valence-corrected chi connectivity index (χ3v) is 6.41. The van der Waals surface area contributed by atoms with Gasteiger partial charge in [-0.25, -0.2) is 0 Å². The van der Waals surface area contributed by atoms with Crippen molar-refractivity contribution in [3.05, 3.63) is 0 Å². The van der Waals surface area contributed by atoms with E-state index in [0.717, 1.165) is 12.3 Å². The molecule has 0 aromatic carbocycles. The summed E-state index contributed by atoms with van der Waals surface area (Å²) in [6, 6.07) is 0.320. The highest BCUT2D eigenvalue weighted by atomic mass is 16.5. The first-order valence-electron chi connectivity index (χ1n) is 8.85. The summed E-state index contributed by atoms with van der Waals surface area (Å²) in [4.78, 5) is 12.2. The molecular formula is C18H33NO4. The van der Waals surface area contributed by atoms with Crippen LogP contribution in [0.1, 0.15) is 46.5 Å². The Kier molecular flexibility index (Phi) is 6.46. The largest absolute Gasteiger partial charge is 0.382 e. The molecule has 0 aromatic heterocycles. The van der Waals surface area contributed by atoms with Gasteiger partial charge in [-0.3, -0.25) is 4.79 Å². The van der Waals surface area contributed by atoms with E-state index < -0.39 is 0 Å². The van der Waals surface area contributed by atoms with E-state index in [9.17, 15) is 4.79 Å². The van der Waals surface area contributed by atoms with E-state index in [1.807, 2.05) is 0 Å². The number of methoxy groups -OCH3 is 1. The smallest absolute Gasteiger partial charge is 0.222 e. The van der Waals surface area contributed by atoms with Gasteiger partial charge in [-0.1, -0.05) is 20.8 Å². The molecule has 23 heavy (non-hydrogen) atoms. The molecule has 5 heteroatoms. The van der Waals surface area contributed by atoms with E-state index in [0.29, 0.717) is 50.9 Å². The maximum atomic E-state index is 12.2. The van der Waals surface area contributed by atoms with Crippen LogP contribution in [0.4, 0.5) is 0 Å². The van der Waals surface area contributed by atoms with Crippen LogP contribution < -0.4 is 5.32 Å². The van der Waals surface area contributed by atoms with E-state index in [-0.39, 0.29) is 11.3 Å². The van der Waals surface area contributed by atoms with Gasteiger partial charge in [0.25, 0.3) is 0 Å². The van der Waals surface area contributed by atoms with Crippen LogP contribution in [0.15, 0.2) is 0 Å². The fraction of sp³-hybridized carbons (Fsp3) is 0.944. The van der Waals surface area contributed by atoms with E-state index in [4.69, 9.17) is 14.2 Å². The molecule has 0 spiro atoms. The summed E-state index contributed by atoms with van der Waals surface area (Å²) in [6.07, 6.45) is 4.09. The predicted molar refractivity (Wildman–Crippen MR) is 89.3 cm³/mol. The maximum Gasteiger partial charge on any atom is 0.222 e. The van der Waals surface area contributed by atoms with Crippen molar-refractivity contribution >= 4 is 5.91 Å². The van der Waals surface area contributed by atoms with Gasteiger partial charge in [-0.05, 0) is 36.0 Å². The molecule has 2 aliphatic rings. The Morgan fingerprint density at radius 1 is 1.09 bits per heavy atom. The van der Waals surface area contributed by atoms with Crippen molar-refractivity contribution < 1.29 is 19.0 Å². The molecule has 2 aliphatic carbocycles. The fourth-order valence-electron chi connectivity index (χ4n) is 4.32. The average molecular weight is 327 g/mol. The summed E-state index contributed by atoms with van der Waals surface area (Å²) in [5, 5.41) is 3.26. The predicted octanol–water partition coefficient (Wildman–Crippen LogP) is 2.39. The second-order valence-electron chi connectivity index (χ2n) is 7.70. The molecule has 1 amide bonds. The lowest BCUT2D eigenvalue weighted by molar-refractivity contribution is -0.124. The van der Waals surface area contributed by atoms with Gasteiger partial charge >= 0.3 is 0 Å². The van der Waals surface area contributed by atoms with Gasteiger partial charge in [0.05, 0.1) is 33.0 Å². The second kappa shape index (κ2) is 7.95. The Bertz CT molecular complexity index is 398. The molecule has 0 heterocycles. The minimum Gasteiger partial charge on any atom is -0.382 e. The molecule has 5 nitrogen and oxygen atoms in total. The van der Waals surface area contributed by atoms with Gasteiger partial charge in [0.15, 0.2) is 0 Å². The van der Waals surface area contributed by atoms with Gasteiger partial charge in [0.2, 0.25) is 5.91 Å². The van der Waals surface area contributed by atoms with Gasteiger partial charge in [-0.2, -0.15) is 0 Å². The normalized spacial score (nSPS) is 31.5. The third-order valence-electron chi connectivity index (χ3n) is 6.41. The number of fused-ring (bicyclic) bond motifs is 2. The van der Waals surface area contributed by atoms with Gasteiger partial charge in [0.1, 0.15) is 0 Å². The third kappa shape index (κ3) is 4.06. The summed E-state index contributed by atoms with van der Waals surface area (Å²) in [6.45, 7) is 9.77. The van der Waals surface area contributed by atoms with Crippen molar-refractivity contribution in [2.45, 2.75) is 52.5 Å². The van der Waals surface area contributed by atoms with E-state index >= 15 is 0 Å². The van der Waals surface area contributed by atoms with Gasteiger partial charge in [0, 0.05) is 19.6 Å². The topological polar surface area (TPSA) is 56.8 Å². The summed E-state index contributed by atoms with van der Waals surface area (Å²) in [7, 11) is 1.65. The molecule has 2 rings (SSSR count). The molecular weight excluding hydrogens is 294 g/mol. The number of carbonyl (C=O) groups excluding carboxylic acids is 1. The minimum absolute atomic E-state index is 0.111. The lowest BCUT2D eigenvalue weighted by atomic mass is 9.69. The molecule has 0 aliphatic heterocycles. The van der Waals surface area contributed by atoms with Crippen LogP contribution in [-0.4, -0.2) is 52.1 Å². The van der Waals surface area contributed by atoms with Crippen LogP contribution in [0.25, 0.3) is 0 Å². The number of carbonyl (C=O) groups is 1. The SMILES string of the molecule is COCCOCCOCCC(=O)N[C@@H]1C[C@H]2CC[C@]1(C)C2(C)C. The molecule has 3 atom stereocenters. The molecule has 0 radical (unpaired) electrons. The molecule has 0 saturated heterocycles. The summed E-state index contributed by atoms with van der Waals surface area (Å²) >= 11 is 0. The lowest BCUT2D eigenvalue weighted by Crippen LogP contribution is -2.47. The zero-order chi connectivity index (χ0) is 16.9. The lowest BCUT2D eigenvalue weighted by Gasteiger charge is -2.39. The first kappa shape index (κ1) is 18.7. The summed E-state index contributed by atoms with van der Waals surface area (Å²) < 4.78 is 15.6. The van der Waals surface area contributed by atoms with Crippen LogP contribution in [0.3, 0.4) is 0 Å². The van der Waals surface area contributed by atoms with Gasteiger partial charge in [-0.15, -0.1) is 0 Å². The molecule has 0 aromatic rings. The number of rotatable bonds is 10. The Morgan fingerprint density at radius 2 is 1.74 bits per heavy atom. The number of ether oxygens (including phenoxy) is 3. The van der Waals surface area contributed by atoms with Crippen LogP contribution >= 0.6 is 0 Å². The van der Waals surface area contributed by atoms with E-state index in [1.165, 1.54) is 12.8 Å². The number of hydrogen-bond donors (Lipinski definition) is 1. The van der Waals surface area contributed by atoms with Crippen LogP contribution in [0.5, 0.6) is 0 Å². The highest BCUT2D eigenvalue weighted by molar-refractivity contribution is 5.76. The Morgan fingerprint density at radius 3 is 2.30 bits per heavy atom. The number of amides is 1. The highest BCUT2D eigenvalue weighted by Crippen LogP contribution is 2.65. The first-order chi connectivity index (χ1) is 10.9. The maximum absolute atomic E-state index is 12.2. The van der Waals surface area contributed by atoms with Gasteiger partial charge < -0.3 is 19.5 Å². The van der Waals surface area contributed by atoms with Crippen LogP contribution in [0, 0.1) is 16.7 Å². The van der Waals surface area contributed by atoms with Crippen molar-refractivity contribution in [3.63, 3.8) is 0 Å². The monoisotopic (exact) mass is 327 g/mol. The first-order valence-corrected chi connectivity index (χ1v) is 8.85. The van der Waals surface area contributed by atoms with E-state index in [2.05, 4.69) is 26.1 Å². The zero-order valence-electron chi connectivity index (χ0n) is 15.2. The Balaban J connectivity index is 1.59. The van der Waals surface area contributed by atoms with Crippen molar-refractivity contribution in [1.29, 1.82) is 0 Å². The van der Waals surface area contributed by atoms with Crippen molar-refractivity contribution in [2.24, 2.45) is 16.7 Å². The summed E-state index contributed by atoms with van der Waals surface area (Å²) in [5.41, 5.74) is 0.574. The quantitative estimate of drug-likeness (QED) is 0.626. The molecule has 2 saturated carbocycles. The summed E-state index contributed by atoms with van der Waals surface area (Å²) in [5.74, 6) is 0.859. The van der Waals surface area contributed by atoms with Crippen molar-refractivity contribution in [1.82, 2.24) is 5.32 Å². The fourth-order valence-corrected chi connectivity index (χ4v) is 4.32. The second-order valence-corrected chi connectivity index (χ2v) is 7.70. The average Bonchev–Trinajstić information content (AvgIpc) is 2.83. The molecule has 0 unspecified atom stereocenters. The van der Waals surface area contributed by atoms with Crippen molar-refractivity contribution in [2.75, 3.05) is 40.1 Å². The van der Waals surface area contributed by atoms with Crippen LogP contribution in [0.2, 0.25) is 0 Å². The Labute approximate surface area is 140 Å². The molecule has 134 valence electrons.